The van der Waals surface area contributed by atoms with E-state index in [1.54, 1.807) is 0 Å². The molecule has 0 saturated carbocycles. The lowest BCUT2D eigenvalue weighted by Crippen LogP contribution is -2.37. The van der Waals surface area contributed by atoms with Gasteiger partial charge < -0.3 is 9.88 Å². The standard InChI is InChI=1S/C15H19N3O/c1-10-5-7-18(8-6-10)15(19)12-3-4-13-14(9-12)17-11(2)16-13/h3-4,9-10H,5-8H2,1-2H3,(H,16,17). The van der Waals surface area contributed by atoms with Crippen LogP contribution < -0.4 is 0 Å². The zero-order valence-corrected chi connectivity index (χ0v) is 11.4. The lowest BCUT2D eigenvalue weighted by Gasteiger charge is -2.30. The van der Waals surface area contributed by atoms with Gasteiger partial charge in [0.25, 0.3) is 5.91 Å². The molecule has 0 atom stereocenters. The van der Waals surface area contributed by atoms with Crippen LogP contribution in [0.15, 0.2) is 18.2 Å². The fraction of sp³-hybridized carbons (Fsp3) is 0.467. The van der Waals surface area contributed by atoms with Crippen LogP contribution in [0.4, 0.5) is 0 Å². The molecule has 19 heavy (non-hydrogen) atoms. The number of hydrogen-bond donors (Lipinski definition) is 1. The number of amides is 1. The number of nitrogens with zero attached hydrogens (tertiary/aromatic N) is 2. The lowest BCUT2D eigenvalue weighted by molar-refractivity contribution is 0.0697. The van der Waals surface area contributed by atoms with Gasteiger partial charge in [-0.1, -0.05) is 6.92 Å². The van der Waals surface area contributed by atoms with E-state index < -0.39 is 0 Å². The Morgan fingerprint density at radius 1 is 1.37 bits per heavy atom. The molecule has 100 valence electrons. The minimum absolute atomic E-state index is 0.140. The number of H-pyrrole nitrogens is 1. The highest BCUT2D eigenvalue weighted by atomic mass is 16.2. The van der Waals surface area contributed by atoms with Crippen LogP contribution in [0.5, 0.6) is 0 Å². The predicted molar refractivity (Wildman–Crippen MR) is 75.1 cm³/mol. The number of aromatic amines is 1. The van der Waals surface area contributed by atoms with Crippen molar-refractivity contribution in [1.82, 2.24) is 14.9 Å². The van der Waals surface area contributed by atoms with Crippen molar-refractivity contribution in [2.75, 3.05) is 13.1 Å². The maximum Gasteiger partial charge on any atom is 0.253 e. The van der Waals surface area contributed by atoms with Crippen LogP contribution in [0.1, 0.15) is 35.9 Å². The van der Waals surface area contributed by atoms with E-state index in [1.807, 2.05) is 30.0 Å². The molecule has 1 aromatic heterocycles. The van der Waals surface area contributed by atoms with Gasteiger partial charge in [-0.25, -0.2) is 4.98 Å². The van der Waals surface area contributed by atoms with Crippen molar-refractivity contribution in [3.63, 3.8) is 0 Å². The second kappa shape index (κ2) is 4.68. The second-order valence-electron chi connectivity index (χ2n) is 5.53. The Morgan fingerprint density at radius 3 is 2.84 bits per heavy atom. The van der Waals surface area contributed by atoms with Crippen LogP contribution in [0.25, 0.3) is 11.0 Å². The Labute approximate surface area is 112 Å². The number of imidazole rings is 1. The molecule has 0 bridgehead atoms. The molecule has 3 rings (SSSR count). The summed E-state index contributed by atoms with van der Waals surface area (Å²) in [4.78, 5) is 21.9. The number of hydrogen-bond acceptors (Lipinski definition) is 2. The van der Waals surface area contributed by atoms with E-state index in [0.717, 1.165) is 54.3 Å². The van der Waals surface area contributed by atoms with Crippen molar-refractivity contribution in [3.05, 3.63) is 29.6 Å². The molecule has 4 heteroatoms. The first-order chi connectivity index (χ1) is 9.13. The van der Waals surface area contributed by atoms with Gasteiger partial charge in [0.15, 0.2) is 0 Å². The van der Waals surface area contributed by atoms with Crippen molar-refractivity contribution < 1.29 is 4.79 Å². The summed E-state index contributed by atoms with van der Waals surface area (Å²) in [5.74, 6) is 1.76. The smallest absolute Gasteiger partial charge is 0.253 e. The highest BCUT2D eigenvalue weighted by Gasteiger charge is 2.21. The van der Waals surface area contributed by atoms with Crippen molar-refractivity contribution >= 4 is 16.9 Å². The third-order valence-electron chi connectivity index (χ3n) is 3.92. The molecule has 1 fully saturated rings. The maximum absolute atomic E-state index is 12.4. The van der Waals surface area contributed by atoms with Crippen LogP contribution in [0.2, 0.25) is 0 Å². The molecular formula is C15H19N3O. The summed E-state index contributed by atoms with van der Waals surface area (Å²) in [6, 6.07) is 5.71. The molecular weight excluding hydrogens is 238 g/mol. The first kappa shape index (κ1) is 12.2. The molecule has 0 unspecified atom stereocenters. The Morgan fingerprint density at radius 2 is 2.11 bits per heavy atom. The summed E-state index contributed by atoms with van der Waals surface area (Å²) >= 11 is 0. The highest BCUT2D eigenvalue weighted by molar-refractivity contribution is 5.97. The summed E-state index contributed by atoms with van der Waals surface area (Å²) in [6.45, 7) is 5.93. The number of carbonyl (C=O) groups excluding carboxylic acids is 1. The lowest BCUT2D eigenvalue weighted by atomic mass is 9.98. The van der Waals surface area contributed by atoms with E-state index in [1.165, 1.54) is 0 Å². The third kappa shape index (κ3) is 2.35. The Bertz CT molecular complexity index is 609. The largest absolute Gasteiger partial charge is 0.342 e. The number of carbonyl (C=O) groups is 1. The zero-order chi connectivity index (χ0) is 13.4. The number of benzene rings is 1. The third-order valence-corrected chi connectivity index (χ3v) is 3.92. The fourth-order valence-corrected chi connectivity index (χ4v) is 2.66. The second-order valence-corrected chi connectivity index (χ2v) is 5.53. The summed E-state index contributed by atoms with van der Waals surface area (Å²) in [5, 5.41) is 0. The average Bonchev–Trinajstić information content (AvgIpc) is 2.77. The number of fused-ring (bicyclic) bond motifs is 1. The van der Waals surface area contributed by atoms with Gasteiger partial charge in [-0.2, -0.15) is 0 Å². The molecule has 0 radical (unpaired) electrons. The van der Waals surface area contributed by atoms with Crippen LogP contribution >= 0.6 is 0 Å². The van der Waals surface area contributed by atoms with Gasteiger partial charge in [-0.15, -0.1) is 0 Å². The monoisotopic (exact) mass is 257 g/mol. The van der Waals surface area contributed by atoms with Crippen LogP contribution in [-0.2, 0) is 0 Å². The van der Waals surface area contributed by atoms with Crippen LogP contribution in [-0.4, -0.2) is 33.9 Å². The molecule has 1 amide bonds. The molecule has 1 aromatic carbocycles. The summed E-state index contributed by atoms with van der Waals surface area (Å²) in [7, 11) is 0. The van der Waals surface area contributed by atoms with E-state index >= 15 is 0 Å². The van der Waals surface area contributed by atoms with E-state index in [9.17, 15) is 4.79 Å². The number of likely N-dealkylation sites (tertiary alicyclic amines) is 1. The molecule has 2 heterocycles. The summed E-state index contributed by atoms with van der Waals surface area (Å²) in [6.07, 6.45) is 2.22. The summed E-state index contributed by atoms with van der Waals surface area (Å²) < 4.78 is 0. The minimum Gasteiger partial charge on any atom is -0.342 e. The van der Waals surface area contributed by atoms with Gasteiger partial charge in [-0.3, -0.25) is 4.79 Å². The minimum atomic E-state index is 0.140. The number of piperidine rings is 1. The maximum atomic E-state index is 12.4. The number of aromatic nitrogens is 2. The summed E-state index contributed by atoms with van der Waals surface area (Å²) in [5.41, 5.74) is 2.61. The normalized spacial score (nSPS) is 17.1. The Kier molecular flexibility index (Phi) is 3.01. The van der Waals surface area contributed by atoms with Crippen molar-refractivity contribution in [3.8, 4) is 0 Å². The van der Waals surface area contributed by atoms with Crippen molar-refractivity contribution in [1.29, 1.82) is 0 Å². The Balaban J connectivity index is 1.84. The van der Waals surface area contributed by atoms with Gasteiger partial charge in [0, 0.05) is 18.7 Å². The number of rotatable bonds is 1. The topological polar surface area (TPSA) is 49.0 Å². The highest BCUT2D eigenvalue weighted by Crippen LogP contribution is 2.20. The van der Waals surface area contributed by atoms with Gasteiger partial charge in [-0.05, 0) is 43.9 Å². The molecule has 2 aromatic rings. The van der Waals surface area contributed by atoms with Gasteiger partial charge in [0.05, 0.1) is 11.0 Å². The van der Waals surface area contributed by atoms with Crippen LogP contribution in [0.3, 0.4) is 0 Å². The molecule has 0 aliphatic carbocycles. The van der Waals surface area contributed by atoms with E-state index in [2.05, 4.69) is 16.9 Å². The van der Waals surface area contributed by atoms with E-state index in [-0.39, 0.29) is 5.91 Å². The molecule has 1 aliphatic heterocycles. The average molecular weight is 257 g/mol. The SMILES string of the molecule is Cc1nc2ccc(C(=O)N3CCC(C)CC3)cc2[nH]1. The van der Waals surface area contributed by atoms with Crippen molar-refractivity contribution in [2.45, 2.75) is 26.7 Å². The molecule has 4 nitrogen and oxygen atoms in total. The molecule has 1 aliphatic rings. The Hall–Kier alpha value is -1.84. The first-order valence-electron chi connectivity index (χ1n) is 6.89. The predicted octanol–water partition coefficient (Wildman–Crippen LogP) is 2.74. The number of nitrogens with one attached hydrogen (secondary N) is 1. The van der Waals surface area contributed by atoms with Gasteiger partial charge in [0.2, 0.25) is 0 Å². The quantitative estimate of drug-likeness (QED) is 0.854. The molecule has 0 spiro atoms. The number of aryl methyl sites for hydroxylation is 1. The zero-order valence-electron chi connectivity index (χ0n) is 11.4. The van der Waals surface area contributed by atoms with Crippen LogP contribution in [0, 0.1) is 12.8 Å². The first-order valence-corrected chi connectivity index (χ1v) is 6.89. The van der Waals surface area contributed by atoms with Gasteiger partial charge >= 0.3 is 0 Å². The van der Waals surface area contributed by atoms with Gasteiger partial charge in [0.1, 0.15) is 5.82 Å². The van der Waals surface area contributed by atoms with E-state index in [0.29, 0.717) is 0 Å². The fourth-order valence-electron chi connectivity index (χ4n) is 2.66. The van der Waals surface area contributed by atoms with Crippen molar-refractivity contribution in [2.24, 2.45) is 5.92 Å². The van der Waals surface area contributed by atoms with E-state index in [4.69, 9.17) is 0 Å². The molecule has 1 N–H and O–H groups in total. The molecule has 1 saturated heterocycles.